The second-order valence-electron chi connectivity index (χ2n) is 9.38. The minimum absolute atomic E-state index is 0.176. The Bertz CT molecular complexity index is 1040. The van der Waals surface area contributed by atoms with Crippen LogP contribution in [0.2, 0.25) is 0 Å². The molecule has 166 valence electrons. The fourth-order valence-corrected chi connectivity index (χ4v) is 5.59. The molecule has 0 aliphatic heterocycles. The van der Waals surface area contributed by atoms with Crippen LogP contribution in [-0.2, 0) is 17.9 Å². The van der Waals surface area contributed by atoms with Gasteiger partial charge in [-0.25, -0.2) is 4.68 Å². The monoisotopic (exact) mass is 489 g/mol. The van der Waals surface area contributed by atoms with Crippen molar-refractivity contribution in [1.29, 1.82) is 0 Å². The summed E-state index contributed by atoms with van der Waals surface area (Å²) in [5.74, 6) is 1.60. The standard InChI is InChI=1S/C22H28BrN5O3/c1-13-16-8-15(22(16,2)3)9-17(13)26-18-11-25-28(21(30)20(18)23)12-19(29)24-10-14-4-6-27(31)7-5-14/h4-7,11,13,15-17,26H,8-10,12H2,1-3H3,(H,24,29)/t13-,15+,16+,17+/m0/s1. The number of carbonyl (C=O) groups is 1. The SMILES string of the molecule is C[C@H]1[C@H]2C[C@H](C[C@H]1Nc1cnn(CC(=O)NCc3cc[n+]([O-])cc3)c(=O)c1Br)C2(C)C. The zero-order chi connectivity index (χ0) is 22.3. The Morgan fingerprint density at radius 3 is 2.71 bits per heavy atom. The van der Waals surface area contributed by atoms with Gasteiger partial charge in [-0.3, -0.25) is 9.59 Å². The van der Waals surface area contributed by atoms with Crippen LogP contribution < -0.4 is 20.9 Å². The third-order valence-electron chi connectivity index (χ3n) is 7.33. The van der Waals surface area contributed by atoms with Gasteiger partial charge in [0.2, 0.25) is 5.91 Å². The van der Waals surface area contributed by atoms with Gasteiger partial charge in [0.1, 0.15) is 11.0 Å². The minimum atomic E-state index is -0.346. The molecule has 31 heavy (non-hydrogen) atoms. The number of rotatable bonds is 6. The third-order valence-corrected chi connectivity index (χ3v) is 8.10. The van der Waals surface area contributed by atoms with Gasteiger partial charge in [0, 0.05) is 24.7 Å². The van der Waals surface area contributed by atoms with Gasteiger partial charge in [-0.05, 0) is 57.5 Å². The summed E-state index contributed by atoms with van der Waals surface area (Å²) in [6.45, 7) is 7.10. The highest BCUT2D eigenvalue weighted by molar-refractivity contribution is 9.10. The molecular formula is C22H28BrN5O3. The van der Waals surface area contributed by atoms with Crippen LogP contribution in [0.3, 0.4) is 0 Å². The number of pyridine rings is 1. The average Bonchev–Trinajstić information content (AvgIpc) is 2.74. The Labute approximate surface area is 189 Å². The molecular weight excluding hydrogens is 462 g/mol. The number of aromatic nitrogens is 3. The molecule has 5 rings (SSSR count). The number of carbonyl (C=O) groups excluding carboxylic acids is 1. The minimum Gasteiger partial charge on any atom is -0.619 e. The summed E-state index contributed by atoms with van der Waals surface area (Å²) < 4.78 is 2.22. The van der Waals surface area contributed by atoms with E-state index in [0.29, 0.717) is 44.1 Å². The molecule has 2 heterocycles. The van der Waals surface area contributed by atoms with Crippen molar-refractivity contribution in [2.75, 3.05) is 5.32 Å². The van der Waals surface area contributed by atoms with Crippen molar-refractivity contribution >= 4 is 27.5 Å². The first kappa shape index (κ1) is 21.8. The predicted molar refractivity (Wildman–Crippen MR) is 120 cm³/mol. The largest absolute Gasteiger partial charge is 0.619 e. The van der Waals surface area contributed by atoms with Gasteiger partial charge in [0.25, 0.3) is 5.56 Å². The van der Waals surface area contributed by atoms with Crippen LogP contribution in [0.5, 0.6) is 0 Å². The lowest BCUT2D eigenvalue weighted by atomic mass is 9.45. The van der Waals surface area contributed by atoms with Crippen LogP contribution in [-0.4, -0.2) is 21.7 Å². The van der Waals surface area contributed by atoms with Crippen LogP contribution in [0, 0.1) is 28.4 Å². The maximum Gasteiger partial charge on any atom is 0.283 e. The van der Waals surface area contributed by atoms with Crippen molar-refractivity contribution in [2.24, 2.45) is 23.2 Å². The fraction of sp³-hybridized carbons (Fsp3) is 0.545. The molecule has 3 saturated carbocycles. The molecule has 0 unspecified atom stereocenters. The number of anilines is 1. The van der Waals surface area contributed by atoms with Gasteiger partial charge in [0.15, 0.2) is 12.4 Å². The number of nitrogens with zero attached hydrogens (tertiary/aromatic N) is 3. The number of hydrogen-bond donors (Lipinski definition) is 2. The topological polar surface area (TPSA) is 103 Å². The summed E-state index contributed by atoms with van der Waals surface area (Å²) in [5, 5.41) is 21.5. The number of nitrogens with one attached hydrogen (secondary N) is 2. The first-order valence-corrected chi connectivity index (χ1v) is 11.4. The van der Waals surface area contributed by atoms with Crippen molar-refractivity contribution in [3.8, 4) is 0 Å². The molecule has 3 aliphatic carbocycles. The lowest BCUT2D eigenvalue weighted by Gasteiger charge is -2.62. The van der Waals surface area contributed by atoms with Crippen LogP contribution in [0.25, 0.3) is 0 Å². The smallest absolute Gasteiger partial charge is 0.283 e. The first-order chi connectivity index (χ1) is 14.7. The molecule has 2 bridgehead atoms. The fourth-order valence-electron chi connectivity index (χ4n) is 5.17. The molecule has 2 aromatic heterocycles. The van der Waals surface area contributed by atoms with Gasteiger partial charge in [0.05, 0.1) is 11.9 Å². The third kappa shape index (κ3) is 4.20. The summed E-state index contributed by atoms with van der Waals surface area (Å²) in [6, 6.07) is 3.57. The van der Waals surface area contributed by atoms with Crippen LogP contribution in [0.4, 0.5) is 5.69 Å². The maximum absolute atomic E-state index is 12.7. The molecule has 0 spiro atoms. The van der Waals surface area contributed by atoms with Crippen molar-refractivity contribution in [2.45, 2.75) is 52.7 Å². The highest BCUT2D eigenvalue weighted by atomic mass is 79.9. The Hall–Kier alpha value is -2.42. The van der Waals surface area contributed by atoms with E-state index in [1.807, 2.05) is 0 Å². The summed E-state index contributed by atoms with van der Waals surface area (Å²) in [5.41, 5.74) is 1.53. The van der Waals surface area contributed by atoms with E-state index in [1.54, 1.807) is 18.3 Å². The van der Waals surface area contributed by atoms with Gasteiger partial charge in [-0.1, -0.05) is 20.8 Å². The number of amides is 1. The van der Waals surface area contributed by atoms with Crippen LogP contribution in [0.1, 0.15) is 39.2 Å². The van der Waals surface area contributed by atoms with E-state index in [2.05, 4.69) is 52.4 Å². The normalized spacial score (nSPS) is 26.1. The molecule has 3 aliphatic rings. The Morgan fingerprint density at radius 1 is 1.35 bits per heavy atom. The molecule has 3 fully saturated rings. The zero-order valence-electron chi connectivity index (χ0n) is 18.0. The van der Waals surface area contributed by atoms with E-state index in [4.69, 9.17) is 0 Å². The second kappa shape index (κ2) is 8.26. The van der Waals surface area contributed by atoms with Crippen LogP contribution >= 0.6 is 15.9 Å². The average molecular weight is 490 g/mol. The molecule has 2 N–H and O–H groups in total. The highest BCUT2D eigenvalue weighted by Gasteiger charge is 2.56. The molecule has 0 radical (unpaired) electrons. The van der Waals surface area contributed by atoms with E-state index in [0.717, 1.165) is 16.7 Å². The molecule has 4 atom stereocenters. The summed E-state index contributed by atoms with van der Waals surface area (Å²) in [4.78, 5) is 25.0. The lowest BCUT2D eigenvalue weighted by molar-refractivity contribution is -0.605. The Morgan fingerprint density at radius 2 is 2.06 bits per heavy atom. The van der Waals surface area contributed by atoms with Crippen molar-refractivity contribution < 1.29 is 9.52 Å². The summed E-state index contributed by atoms with van der Waals surface area (Å²) in [7, 11) is 0. The Balaban J connectivity index is 1.38. The van der Waals surface area contributed by atoms with Gasteiger partial charge >= 0.3 is 0 Å². The molecule has 2 aromatic rings. The first-order valence-electron chi connectivity index (χ1n) is 10.6. The predicted octanol–water partition coefficient (Wildman–Crippen LogP) is 2.44. The molecule has 0 saturated heterocycles. The van der Waals surface area contributed by atoms with E-state index in [-0.39, 0.29) is 24.6 Å². The van der Waals surface area contributed by atoms with E-state index in [9.17, 15) is 14.8 Å². The van der Waals surface area contributed by atoms with Crippen molar-refractivity contribution in [1.82, 2.24) is 15.1 Å². The second-order valence-corrected chi connectivity index (χ2v) is 10.2. The number of halogens is 1. The zero-order valence-corrected chi connectivity index (χ0v) is 19.6. The van der Waals surface area contributed by atoms with Crippen LogP contribution in [0.15, 0.2) is 40.0 Å². The quantitative estimate of drug-likeness (QED) is 0.479. The van der Waals surface area contributed by atoms with Crippen molar-refractivity contribution in [3.05, 3.63) is 56.3 Å². The molecule has 8 nitrogen and oxygen atoms in total. The molecule has 1 amide bonds. The maximum atomic E-state index is 12.7. The number of hydrogen-bond acceptors (Lipinski definition) is 5. The molecule has 0 aromatic carbocycles. The molecule has 9 heteroatoms. The van der Waals surface area contributed by atoms with E-state index >= 15 is 0 Å². The lowest BCUT2D eigenvalue weighted by Crippen LogP contribution is -2.58. The summed E-state index contributed by atoms with van der Waals surface area (Å²) in [6.07, 6.45) is 6.74. The van der Waals surface area contributed by atoms with E-state index < -0.39 is 0 Å². The highest BCUT2D eigenvalue weighted by Crippen LogP contribution is 2.61. The van der Waals surface area contributed by atoms with Crippen molar-refractivity contribution in [3.63, 3.8) is 0 Å². The number of fused-ring (bicyclic) bond motifs is 2. The van der Waals surface area contributed by atoms with Gasteiger partial charge in [-0.15, -0.1) is 0 Å². The summed E-state index contributed by atoms with van der Waals surface area (Å²) >= 11 is 3.40. The van der Waals surface area contributed by atoms with Gasteiger partial charge < -0.3 is 15.8 Å². The van der Waals surface area contributed by atoms with E-state index in [1.165, 1.54) is 18.8 Å². The van der Waals surface area contributed by atoms with Gasteiger partial charge in [-0.2, -0.15) is 9.83 Å². The Kier molecular flexibility index (Phi) is 5.81.